The average Bonchev–Trinajstić information content (AvgIpc) is 3.23. The van der Waals surface area contributed by atoms with Crippen LogP contribution in [0.15, 0.2) is 53.7 Å². The molecule has 0 aliphatic rings. The Labute approximate surface area is 212 Å². The summed E-state index contributed by atoms with van der Waals surface area (Å²) in [6.07, 6.45) is 2.36. The number of ether oxygens (including phenoxy) is 2. The van der Waals surface area contributed by atoms with Crippen LogP contribution >= 0.6 is 11.3 Å². The third-order valence-corrected chi connectivity index (χ3v) is 6.33. The predicted octanol–water partition coefficient (Wildman–Crippen LogP) is 5.93. The summed E-state index contributed by atoms with van der Waals surface area (Å²) in [5.74, 6) is 2.07. The fourth-order valence-corrected chi connectivity index (χ4v) is 4.49. The minimum absolute atomic E-state index is 0.0598. The van der Waals surface area contributed by atoms with Crippen LogP contribution in [-0.2, 0) is 6.54 Å². The van der Waals surface area contributed by atoms with Crippen LogP contribution in [-0.4, -0.2) is 28.9 Å². The number of rotatable bonds is 13. The fourth-order valence-electron chi connectivity index (χ4n) is 3.56. The highest BCUT2D eigenvalue weighted by molar-refractivity contribution is 7.12. The van der Waals surface area contributed by atoms with Crippen molar-refractivity contribution in [2.75, 3.05) is 6.54 Å². The zero-order valence-corrected chi connectivity index (χ0v) is 21.8. The number of nitrogens with zero attached hydrogens (tertiary/aromatic N) is 2. The molecule has 3 rings (SSSR count). The van der Waals surface area contributed by atoms with Crippen molar-refractivity contribution in [1.29, 1.82) is 0 Å². The minimum Gasteiger partial charge on any atom is -0.455 e. The molecule has 1 heterocycles. The summed E-state index contributed by atoms with van der Waals surface area (Å²) in [6, 6.07) is 15.1. The lowest BCUT2D eigenvalue weighted by Gasteiger charge is -2.21. The molecule has 1 unspecified atom stereocenters. The first-order chi connectivity index (χ1) is 16.9. The molecule has 3 aromatic rings. The Morgan fingerprint density at radius 3 is 2.29 bits per heavy atom. The van der Waals surface area contributed by atoms with Crippen LogP contribution in [0.5, 0.6) is 11.5 Å². The van der Waals surface area contributed by atoms with Gasteiger partial charge in [-0.3, -0.25) is 0 Å². The molecule has 0 amide bonds. The van der Waals surface area contributed by atoms with Crippen LogP contribution in [0.1, 0.15) is 55.5 Å². The lowest BCUT2D eigenvalue weighted by molar-refractivity contribution is -0.00211. The summed E-state index contributed by atoms with van der Waals surface area (Å²) in [5.41, 5.74) is 8.37. The molecule has 0 spiro atoms. The third kappa shape index (κ3) is 7.97. The van der Waals surface area contributed by atoms with Gasteiger partial charge in [0.25, 0.3) is 0 Å². The standard InChI is InChI=1S/C27H36N4O3S/c1-5-6-7-25(34-23-14-10-21(11-15-23)27(28)31-32)33-22-12-8-20(9-13-22)26-24(35-19(4)30-26)17-29-16-18(2)3/h8-15,18,25,29,32H,5-7,16-17H2,1-4H3,(H2,28,31). The third-order valence-electron chi connectivity index (χ3n) is 5.36. The molecule has 0 saturated heterocycles. The molecule has 0 aliphatic carbocycles. The van der Waals surface area contributed by atoms with Gasteiger partial charge in [0.1, 0.15) is 11.5 Å². The molecule has 0 saturated carbocycles. The van der Waals surface area contributed by atoms with Gasteiger partial charge in [-0.05, 0) is 74.3 Å². The van der Waals surface area contributed by atoms with Gasteiger partial charge in [-0.1, -0.05) is 32.3 Å². The van der Waals surface area contributed by atoms with Crippen molar-refractivity contribution in [3.8, 4) is 22.8 Å². The van der Waals surface area contributed by atoms with E-state index in [1.165, 1.54) is 4.88 Å². The number of nitrogens with one attached hydrogen (secondary N) is 1. The van der Waals surface area contributed by atoms with Crippen molar-refractivity contribution < 1.29 is 14.7 Å². The number of oxime groups is 1. The molecule has 0 aliphatic heterocycles. The van der Waals surface area contributed by atoms with Gasteiger partial charge in [-0.2, -0.15) is 0 Å². The van der Waals surface area contributed by atoms with Gasteiger partial charge in [-0.25, -0.2) is 4.98 Å². The van der Waals surface area contributed by atoms with E-state index in [2.05, 4.69) is 43.4 Å². The molecule has 0 bridgehead atoms. The first-order valence-electron chi connectivity index (χ1n) is 12.1. The van der Waals surface area contributed by atoms with Crippen LogP contribution < -0.4 is 20.5 Å². The number of amidine groups is 1. The van der Waals surface area contributed by atoms with Crippen molar-refractivity contribution in [3.05, 3.63) is 64.0 Å². The van der Waals surface area contributed by atoms with Crippen molar-refractivity contribution in [3.63, 3.8) is 0 Å². The van der Waals surface area contributed by atoms with Crippen LogP contribution in [0, 0.1) is 12.8 Å². The molecule has 0 fully saturated rings. The number of hydrogen-bond donors (Lipinski definition) is 3. The molecular weight excluding hydrogens is 460 g/mol. The second kappa shape index (κ2) is 13.1. The smallest absolute Gasteiger partial charge is 0.241 e. The summed E-state index contributed by atoms with van der Waals surface area (Å²) in [6.45, 7) is 10.4. The predicted molar refractivity (Wildman–Crippen MR) is 142 cm³/mol. The Bertz CT molecular complexity index is 1080. The van der Waals surface area contributed by atoms with Gasteiger partial charge >= 0.3 is 0 Å². The quantitative estimate of drug-likeness (QED) is 0.0891. The number of nitrogens with two attached hydrogens (primary N) is 1. The van der Waals surface area contributed by atoms with Crippen LogP contribution in [0.3, 0.4) is 0 Å². The van der Waals surface area contributed by atoms with Gasteiger partial charge in [0, 0.05) is 29.0 Å². The molecule has 4 N–H and O–H groups in total. The Kier molecular flexibility index (Phi) is 9.93. The van der Waals surface area contributed by atoms with Crippen LogP contribution in [0.25, 0.3) is 11.3 Å². The van der Waals surface area contributed by atoms with Gasteiger partial charge < -0.3 is 25.7 Å². The number of aromatic nitrogens is 1. The van der Waals surface area contributed by atoms with E-state index in [-0.39, 0.29) is 5.84 Å². The molecule has 1 atom stereocenters. The van der Waals surface area contributed by atoms with Crippen LogP contribution in [0.4, 0.5) is 0 Å². The molecule has 2 aromatic carbocycles. The number of thiazole rings is 1. The fraction of sp³-hybridized carbons (Fsp3) is 0.407. The van der Waals surface area contributed by atoms with E-state index in [0.717, 1.165) is 54.4 Å². The summed E-state index contributed by atoms with van der Waals surface area (Å²) in [7, 11) is 0. The van der Waals surface area contributed by atoms with E-state index >= 15 is 0 Å². The minimum atomic E-state index is -0.423. The molecule has 1 aromatic heterocycles. The topological polar surface area (TPSA) is 102 Å². The molecular formula is C27H36N4O3S. The van der Waals surface area contributed by atoms with Crippen molar-refractivity contribution in [2.24, 2.45) is 16.8 Å². The normalized spacial score (nSPS) is 12.7. The first kappa shape index (κ1) is 26.5. The zero-order valence-electron chi connectivity index (χ0n) is 21.0. The van der Waals surface area contributed by atoms with E-state index in [1.807, 2.05) is 19.1 Å². The van der Waals surface area contributed by atoms with Crippen LogP contribution in [0.2, 0.25) is 0 Å². The number of unbranched alkanes of at least 4 members (excludes halogenated alkanes) is 1. The summed E-state index contributed by atoms with van der Waals surface area (Å²) < 4.78 is 12.3. The Hall–Kier alpha value is -3.10. The highest BCUT2D eigenvalue weighted by atomic mass is 32.1. The highest BCUT2D eigenvalue weighted by Crippen LogP contribution is 2.30. The molecule has 7 nitrogen and oxygen atoms in total. The molecule has 188 valence electrons. The molecule has 35 heavy (non-hydrogen) atoms. The summed E-state index contributed by atoms with van der Waals surface area (Å²) in [4.78, 5) is 6.02. The van der Waals surface area contributed by atoms with Gasteiger partial charge in [0.2, 0.25) is 6.29 Å². The maximum Gasteiger partial charge on any atom is 0.241 e. The second-order valence-electron chi connectivity index (χ2n) is 8.87. The summed E-state index contributed by atoms with van der Waals surface area (Å²) in [5, 5.41) is 16.4. The lowest BCUT2D eigenvalue weighted by atomic mass is 10.1. The lowest BCUT2D eigenvalue weighted by Crippen LogP contribution is -2.24. The second-order valence-corrected chi connectivity index (χ2v) is 10.2. The monoisotopic (exact) mass is 496 g/mol. The van der Waals surface area contributed by atoms with Crippen molar-refractivity contribution in [1.82, 2.24) is 10.3 Å². The van der Waals surface area contributed by atoms with Crippen molar-refractivity contribution >= 4 is 17.2 Å². The maximum absolute atomic E-state index is 8.84. The van der Waals surface area contributed by atoms with E-state index in [9.17, 15) is 0 Å². The Morgan fingerprint density at radius 2 is 1.71 bits per heavy atom. The Balaban J connectivity index is 1.69. The summed E-state index contributed by atoms with van der Waals surface area (Å²) >= 11 is 1.74. The van der Waals surface area contributed by atoms with E-state index in [1.54, 1.807) is 35.6 Å². The van der Waals surface area contributed by atoms with E-state index in [4.69, 9.17) is 25.4 Å². The Morgan fingerprint density at radius 1 is 1.09 bits per heavy atom. The number of aryl methyl sites for hydroxylation is 1. The zero-order chi connectivity index (χ0) is 25.2. The van der Waals surface area contributed by atoms with Crippen molar-refractivity contribution in [2.45, 2.75) is 59.8 Å². The van der Waals surface area contributed by atoms with Gasteiger partial charge in [0.15, 0.2) is 5.84 Å². The van der Waals surface area contributed by atoms with E-state index < -0.39 is 6.29 Å². The number of hydrogen-bond acceptors (Lipinski definition) is 7. The average molecular weight is 497 g/mol. The molecule has 0 radical (unpaired) electrons. The molecule has 8 heteroatoms. The number of benzene rings is 2. The maximum atomic E-state index is 8.84. The highest BCUT2D eigenvalue weighted by Gasteiger charge is 2.15. The van der Waals surface area contributed by atoms with Gasteiger partial charge in [0.05, 0.1) is 10.7 Å². The SMILES string of the molecule is CCCCC(Oc1ccc(C(N)=NO)cc1)Oc1ccc(-c2nc(C)sc2CNCC(C)C)cc1. The largest absolute Gasteiger partial charge is 0.455 e. The van der Waals surface area contributed by atoms with Gasteiger partial charge in [-0.15, -0.1) is 11.3 Å². The first-order valence-corrected chi connectivity index (χ1v) is 12.9. The van der Waals surface area contributed by atoms with E-state index in [0.29, 0.717) is 17.2 Å².